The molecule has 0 saturated carbocycles. The fraction of sp³-hybridized carbons (Fsp3) is 0.0714. The minimum Gasteiger partial charge on any atom is -0.508 e. The Bertz CT molecular complexity index is 731. The first-order chi connectivity index (χ1) is 8.65. The van der Waals surface area contributed by atoms with Gasteiger partial charge >= 0.3 is 0 Å². The van der Waals surface area contributed by atoms with Gasteiger partial charge in [-0.1, -0.05) is 0 Å². The molecule has 0 aliphatic carbocycles. The van der Waals surface area contributed by atoms with Crippen LogP contribution in [-0.4, -0.2) is 14.7 Å². The van der Waals surface area contributed by atoms with E-state index in [2.05, 4.69) is 4.98 Å². The van der Waals surface area contributed by atoms with Gasteiger partial charge in [-0.2, -0.15) is 0 Å². The molecular weight excluding hydrogens is 226 g/mol. The number of nitrogens with zero attached hydrogens (tertiary/aromatic N) is 2. The van der Waals surface area contributed by atoms with Gasteiger partial charge in [0.25, 0.3) is 0 Å². The van der Waals surface area contributed by atoms with Crippen LogP contribution in [0.1, 0.15) is 0 Å². The number of rotatable bonds is 1. The van der Waals surface area contributed by atoms with Gasteiger partial charge in [0, 0.05) is 30.4 Å². The number of hydrogen-bond acceptors (Lipinski definition) is 3. The number of nitrogen functional groups attached to an aromatic ring is 1. The number of pyridine rings is 1. The number of hydrogen-bond donors (Lipinski definition) is 2. The molecule has 4 nitrogen and oxygen atoms in total. The zero-order valence-corrected chi connectivity index (χ0v) is 9.96. The predicted molar refractivity (Wildman–Crippen MR) is 72.2 cm³/mol. The van der Waals surface area contributed by atoms with Gasteiger partial charge in [-0.3, -0.25) is 4.98 Å². The summed E-state index contributed by atoms with van der Waals surface area (Å²) >= 11 is 0. The van der Waals surface area contributed by atoms with Gasteiger partial charge in [0.15, 0.2) is 0 Å². The van der Waals surface area contributed by atoms with Crippen LogP contribution in [0.2, 0.25) is 0 Å². The van der Waals surface area contributed by atoms with Crippen molar-refractivity contribution in [3.05, 3.63) is 42.6 Å². The zero-order chi connectivity index (χ0) is 12.7. The molecule has 0 fully saturated rings. The first-order valence-corrected chi connectivity index (χ1v) is 5.65. The second-order valence-electron chi connectivity index (χ2n) is 4.31. The maximum absolute atomic E-state index is 9.53. The normalized spacial score (nSPS) is 10.9. The number of phenols is 1. The highest BCUT2D eigenvalue weighted by Crippen LogP contribution is 2.28. The maximum atomic E-state index is 9.53. The second-order valence-corrected chi connectivity index (χ2v) is 4.31. The fourth-order valence-corrected chi connectivity index (χ4v) is 2.15. The summed E-state index contributed by atoms with van der Waals surface area (Å²) in [7, 11) is 1.95. The number of fused-ring (bicyclic) bond motifs is 1. The minimum absolute atomic E-state index is 0.260. The van der Waals surface area contributed by atoms with Crippen LogP contribution in [0.5, 0.6) is 5.75 Å². The number of anilines is 1. The van der Waals surface area contributed by atoms with Crippen LogP contribution in [-0.2, 0) is 7.05 Å². The average molecular weight is 239 g/mol. The Morgan fingerprint density at radius 3 is 2.78 bits per heavy atom. The lowest BCUT2D eigenvalue weighted by atomic mass is 10.2. The van der Waals surface area contributed by atoms with Crippen molar-refractivity contribution in [3.8, 4) is 17.1 Å². The van der Waals surface area contributed by atoms with Crippen molar-refractivity contribution in [3.63, 3.8) is 0 Å². The maximum Gasteiger partial charge on any atom is 0.117 e. The van der Waals surface area contributed by atoms with E-state index < -0.39 is 0 Å². The Kier molecular flexibility index (Phi) is 2.23. The Morgan fingerprint density at radius 1 is 1.17 bits per heavy atom. The van der Waals surface area contributed by atoms with Gasteiger partial charge in [-0.25, -0.2) is 0 Å². The topological polar surface area (TPSA) is 64.1 Å². The Labute approximate surface area is 104 Å². The Morgan fingerprint density at radius 2 is 2.00 bits per heavy atom. The van der Waals surface area contributed by atoms with E-state index >= 15 is 0 Å². The van der Waals surface area contributed by atoms with Gasteiger partial charge < -0.3 is 15.4 Å². The van der Waals surface area contributed by atoms with Gasteiger partial charge in [0.1, 0.15) is 5.75 Å². The van der Waals surface area contributed by atoms with Gasteiger partial charge in [0.2, 0.25) is 0 Å². The van der Waals surface area contributed by atoms with Crippen molar-refractivity contribution in [2.75, 3.05) is 5.73 Å². The van der Waals surface area contributed by atoms with E-state index in [0.29, 0.717) is 5.69 Å². The van der Waals surface area contributed by atoms with Crippen LogP contribution in [0.15, 0.2) is 42.6 Å². The summed E-state index contributed by atoms with van der Waals surface area (Å²) in [5.41, 5.74) is 9.23. The van der Waals surface area contributed by atoms with E-state index in [-0.39, 0.29) is 5.75 Å². The van der Waals surface area contributed by atoms with Crippen molar-refractivity contribution < 1.29 is 5.11 Å². The highest BCUT2D eigenvalue weighted by molar-refractivity contribution is 5.87. The highest BCUT2D eigenvalue weighted by atomic mass is 16.3. The molecule has 4 heteroatoms. The lowest BCUT2D eigenvalue weighted by Crippen LogP contribution is -1.94. The minimum atomic E-state index is 0.260. The van der Waals surface area contributed by atoms with E-state index in [1.807, 2.05) is 29.8 Å². The number of phenolic OH excluding ortho intramolecular Hbond substituents is 1. The molecule has 0 spiro atoms. The lowest BCUT2D eigenvalue weighted by molar-refractivity contribution is 0.476. The summed E-state index contributed by atoms with van der Waals surface area (Å²) in [5.74, 6) is 0.260. The van der Waals surface area contributed by atoms with Crippen LogP contribution in [0, 0.1) is 0 Å². The quantitative estimate of drug-likeness (QED) is 0.685. The van der Waals surface area contributed by atoms with Gasteiger partial charge in [-0.05, 0) is 30.3 Å². The number of aromatic hydroxyl groups is 1. The third-order valence-electron chi connectivity index (χ3n) is 3.08. The third kappa shape index (κ3) is 1.59. The number of aryl methyl sites for hydroxylation is 1. The smallest absolute Gasteiger partial charge is 0.117 e. The summed E-state index contributed by atoms with van der Waals surface area (Å²) in [6.45, 7) is 0. The monoisotopic (exact) mass is 239 g/mol. The molecule has 2 heterocycles. The molecule has 18 heavy (non-hydrogen) atoms. The van der Waals surface area contributed by atoms with E-state index in [4.69, 9.17) is 5.73 Å². The molecule has 0 unspecified atom stereocenters. The molecule has 2 aromatic heterocycles. The van der Waals surface area contributed by atoms with Crippen molar-refractivity contribution in [1.82, 2.24) is 9.55 Å². The molecule has 3 aromatic rings. The average Bonchev–Trinajstić information content (AvgIpc) is 2.67. The van der Waals surface area contributed by atoms with Crippen LogP contribution in [0.4, 0.5) is 5.69 Å². The molecule has 90 valence electrons. The van der Waals surface area contributed by atoms with E-state index in [9.17, 15) is 5.11 Å². The van der Waals surface area contributed by atoms with E-state index in [1.165, 1.54) is 0 Å². The zero-order valence-electron chi connectivity index (χ0n) is 9.96. The summed E-state index contributed by atoms with van der Waals surface area (Å²) < 4.78 is 2.00. The first-order valence-electron chi connectivity index (χ1n) is 5.65. The van der Waals surface area contributed by atoms with E-state index in [1.54, 1.807) is 24.4 Å². The summed E-state index contributed by atoms with van der Waals surface area (Å²) in [6, 6.07) is 11.0. The number of benzene rings is 1. The molecule has 0 amide bonds. The molecule has 0 aliphatic heterocycles. The SMILES string of the molecule is Cn1c(-c2cc(N)ccn2)cc2ccc(O)cc21. The molecule has 3 N–H and O–H groups in total. The number of nitrogens with two attached hydrogens (primary N) is 1. The summed E-state index contributed by atoms with van der Waals surface area (Å²) in [5, 5.41) is 10.6. The van der Waals surface area contributed by atoms with Gasteiger partial charge in [0.05, 0.1) is 16.9 Å². The molecule has 0 atom stereocenters. The standard InChI is InChI=1S/C14H13N3O/c1-17-13-8-11(18)3-2-9(13)6-14(17)12-7-10(15)4-5-16-12/h2-8,18H,1H3,(H2,15,16). The number of aromatic nitrogens is 2. The van der Waals surface area contributed by atoms with Gasteiger partial charge in [-0.15, -0.1) is 0 Å². The molecule has 0 aliphatic rings. The van der Waals surface area contributed by atoms with Crippen LogP contribution in [0.3, 0.4) is 0 Å². The van der Waals surface area contributed by atoms with Crippen molar-refractivity contribution in [1.29, 1.82) is 0 Å². The van der Waals surface area contributed by atoms with Crippen molar-refractivity contribution in [2.45, 2.75) is 0 Å². The predicted octanol–water partition coefficient (Wildman–Crippen LogP) is 2.53. The summed E-state index contributed by atoms with van der Waals surface area (Å²) in [6.07, 6.45) is 1.69. The molecule has 3 rings (SSSR count). The fourth-order valence-electron chi connectivity index (χ4n) is 2.15. The molecular formula is C14H13N3O. The second kappa shape index (κ2) is 3.77. The van der Waals surface area contributed by atoms with Crippen molar-refractivity contribution >= 4 is 16.6 Å². The largest absolute Gasteiger partial charge is 0.508 e. The molecule has 0 bridgehead atoms. The first kappa shape index (κ1) is 10.7. The highest BCUT2D eigenvalue weighted by Gasteiger charge is 2.09. The molecule has 1 aromatic carbocycles. The molecule has 0 radical (unpaired) electrons. The third-order valence-corrected chi connectivity index (χ3v) is 3.08. The lowest BCUT2D eigenvalue weighted by Gasteiger charge is -2.04. The Hall–Kier alpha value is -2.49. The molecule has 0 saturated heterocycles. The van der Waals surface area contributed by atoms with Crippen LogP contribution >= 0.6 is 0 Å². The van der Waals surface area contributed by atoms with Crippen LogP contribution < -0.4 is 5.73 Å². The van der Waals surface area contributed by atoms with Crippen molar-refractivity contribution in [2.24, 2.45) is 7.05 Å². The Balaban J connectivity index is 2.27. The summed E-state index contributed by atoms with van der Waals surface area (Å²) in [4.78, 5) is 4.33. The van der Waals surface area contributed by atoms with E-state index in [0.717, 1.165) is 22.3 Å². The van der Waals surface area contributed by atoms with Crippen LogP contribution in [0.25, 0.3) is 22.3 Å².